The van der Waals surface area contributed by atoms with Crippen molar-refractivity contribution >= 4 is 16.7 Å². The monoisotopic (exact) mass is 279 g/mol. The van der Waals surface area contributed by atoms with Gasteiger partial charge in [-0.1, -0.05) is 18.2 Å². The Balaban J connectivity index is 1.84. The third-order valence-electron chi connectivity index (χ3n) is 3.73. The molecule has 0 N–H and O–H groups in total. The van der Waals surface area contributed by atoms with E-state index in [4.69, 9.17) is 9.15 Å². The molecule has 0 fully saturated rings. The molecular weight excluding hydrogens is 266 g/mol. The van der Waals surface area contributed by atoms with E-state index in [9.17, 15) is 4.79 Å². The van der Waals surface area contributed by atoms with E-state index in [1.807, 2.05) is 36.4 Å². The second-order valence-electron chi connectivity index (χ2n) is 5.01. The lowest BCUT2D eigenvalue weighted by molar-refractivity contribution is 0.289. The van der Waals surface area contributed by atoms with E-state index in [0.717, 1.165) is 17.0 Å². The predicted octanol–water partition coefficient (Wildman–Crippen LogP) is 3.15. The normalized spacial score (nSPS) is 13.8. The SMILES string of the molecule is O=c1ccoc2c3c(ccc12)OCN(c1ccccc1)C3. The molecule has 0 atom stereocenters. The van der Waals surface area contributed by atoms with Crippen molar-refractivity contribution in [1.82, 2.24) is 0 Å². The summed E-state index contributed by atoms with van der Waals surface area (Å²) in [5.74, 6) is 0.782. The van der Waals surface area contributed by atoms with Crippen LogP contribution in [0.4, 0.5) is 5.69 Å². The molecule has 4 heteroatoms. The lowest BCUT2D eigenvalue weighted by Crippen LogP contribution is -2.32. The Labute approximate surface area is 121 Å². The number of fused-ring (bicyclic) bond motifs is 3. The van der Waals surface area contributed by atoms with E-state index in [0.29, 0.717) is 24.2 Å². The molecule has 0 spiro atoms. The summed E-state index contributed by atoms with van der Waals surface area (Å²) in [6, 6.07) is 15.1. The summed E-state index contributed by atoms with van der Waals surface area (Å²) in [4.78, 5) is 14.0. The zero-order valence-corrected chi connectivity index (χ0v) is 11.3. The van der Waals surface area contributed by atoms with Crippen LogP contribution in [0.15, 0.2) is 64.0 Å². The number of hydrogen-bond donors (Lipinski definition) is 0. The number of hydrogen-bond acceptors (Lipinski definition) is 4. The van der Waals surface area contributed by atoms with E-state index >= 15 is 0 Å². The second kappa shape index (κ2) is 4.66. The van der Waals surface area contributed by atoms with Gasteiger partial charge in [-0.3, -0.25) is 4.79 Å². The van der Waals surface area contributed by atoms with Gasteiger partial charge in [-0.2, -0.15) is 0 Å². The van der Waals surface area contributed by atoms with Crippen LogP contribution in [0.2, 0.25) is 0 Å². The molecule has 0 aliphatic carbocycles. The van der Waals surface area contributed by atoms with Crippen molar-refractivity contribution in [2.24, 2.45) is 0 Å². The third kappa shape index (κ3) is 1.96. The number of rotatable bonds is 1. The van der Waals surface area contributed by atoms with E-state index in [1.54, 1.807) is 6.07 Å². The van der Waals surface area contributed by atoms with Gasteiger partial charge in [-0.25, -0.2) is 0 Å². The minimum Gasteiger partial charge on any atom is -0.473 e. The van der Waals surface area contributed by atoms with E-state index < -0.39 is 0 Å². The van der Waals surface area contributed by atoms with E-state index in [2.05, 4.69) is 4.90 Å². The molecule has 2 heterocycles. The maximum Gasteiger partial charge on any atom is 0.192 e. The van der Waals surface area contributed by atoms with Crippen molar-refractivity contribution in [3.8, 4) is 5.75 Å². The Morgan fingerprint density at radius 3 is 2.71 bits per heavy atom. The van der Waals surface area contributed by atoms with E-state index in [1.165, 1.54) is 12.3 Å². The molecule has 0 bridgehead atoms. The molecule has 1 aliphatic heterocycles. The maximum atomic E-state index is 11.9. The molecule has 3 aromatic rings. The lowest BCUT2D eigenvalue weighted by atomic mass is 10.1. The van der Waals surface area contributed by atoms with Gasteiger partial charge in [0.2, 0.25) is 0 Å². The minimum absolute atomic E-state index is 0.0316. The van der Waals surface area contributed by atoms with Gasteiger partial charge < -0.3 is 14.1 Å². The molecule has 0 radical (unpaired) electrons. The van der Waals surface area contributed by atoms with Crippen LogP contribution < -0.4 is 15.1 Å². The number of benzene rings is 2. The average Bonchev–Trinajstić information content (AvgIpc) is 2.55. The highest BCUT2D eigenvalue weighted by atomic mass is 16.5. The summed E-state index contributed by atoms with van der Waals surface area (Å²) >= 11 is 0. The Kier molecular flexibility index (Phi) is 2.67. The predicted molar refractivity (Wildman–Crippen MR) is 80.6 cm³/mol. The first kappa shape index (κ1) is 12.0. The molecular formula is C17H13NO3. The van der Waals surface area contributed by atoms with Crippen molar-refractivity contribution in [3.05, 3.63) is 70.6 Å². The molecule has 104 valence electrons. The standard InChI is InChI=1S/C17H13NO3/c19-15-8-9-20-17-13(15)6-7-16-14(17)10-18(11-21-16)12-4-2-1-3-5-12/h1-9H,10-11H2. The van der Waals surface area contributed by atoms with Gasteiger partial charge in [0.25, 0.3) is 0 Å². The van der Waals surface area contributed by atoms with Gasteiger partial charge in [0.15, 0.2) is 12.2 Å². The Hall–Kier alpha value is -2.75. The van der Waals surface area contributed by atoms with Crippen molar-refractivity contribution in [3.63, 3.8) is 0 Å². The molecule has 1 aromatic heterocycles. The largest absolute Gasteiger partial charge is 0.473 e. The van der Waals surface area contributed by atoms with Crippen LogP contribution in [0.1, 0.15) is 5.56 Å². The van der Waals surface area contributed by atoms with Crippen molar-refractivity contribution in [1.29, 1.82) is 0 Å². The van der Waals surface area contributed by atoms with Crippen LogP contribution in [-0.2, 0) is 6.54 Å². The Morgan fingerprint density at radius 1 is 1.00 bits per heavy atom. The summed E-state index contributed by atoms with van der Waals surface area (Å²) in [5.41, 5.74) is 2.58. The highest BCUT2D eigenvalue weighted by molar-refractivity contribution is 5.82. The van der Waals surface area contributed by atoms with Crippen LogP contribution >= 0.6 is 0 Å². The first-order valence-corrected chi connectivity index (χ1v) is 6.79. The number of nitrogens with zero attached hydrogens (tertiary/aromatic N) is 1. The first-order valence-electron chi connectivity index (χ1n) is 6.79. The smallest absolute Gasteiger partial charge is 0.192 e. The molecule has 0 amide bonds. The van der Waals surface area contributed by atoms with Crippen LogP contribution in [0, 0.1) is 0 Å². The molecule has 0 saturated carbocycles. The van der Waals surface area contributed by atoms with Gasteiger partial charge in [0.05, 0.1) is 23.8 Å². The molecule has 0 unspecified atom stereocenters. The zero-order valence-electron chi connectivity index (χ0n) is 11.3. The minimum atomic E-state index is -0.0316. The van der Waals surface area contributed by atoms with Gasteiger partial charge in [-0.05, 0) is 24.3 Å². The Morgan fingerprint density at radius 2 is 1.86 bits per heavy atom. The van der Waals surface area contributed by atoms with Crippen LogP contribution in [0.3, 0.4) is 0 Å². The topological polar surface area (TPSA) is 42.7 Å². The second-order valence-corrected chi connectivity index (χ2v) is 5.01. The van der Waals surface area contributed by atoms with Crippen LogP contribution in [0.25, 0.3) is 11.0 Å². The summed E-state index contributed by atoms with van der Waals surface area (Å²) in [6.07, 6.45) is 1.44. The fourth-order valence-electron chi connectivity index (χ4n) is 2.67. The molecule has 0 saturated heterocycles. The summed E-state index contributed by atoms with van der Waals surface area (Å²) in [6.45, 7) is 1.14. The summed E-state index contributed by atoms with van der Waals surface area (Å²) < 4.78 is 11.4. The lowest BCUT2D eigenvalue weighted by Gasteiger charge is -2.30. The fraction of sp³-hybridized carbons (Fsp3) is 0.118. The Bertz CT molecular complexity index is 855. The van der Waals surface area contributed by atoms with Gasteiger partial charge in [-0.15, -0.1) is 0 Å². The van der Waals surface area contributed by atoms with E-state index in [-0.39, 0.29) is 5.43 Å². The first-order chi connectivity index (χ1) is 10.3. The molecule has 1 aliphatic rings. The van der Waals surface area contributed by atoms with Crippen molar-refractivity contribution in [2.45, 2.75) is 6.54 Å². The van der Waals surface area contributed by atoms with Gasteiger partial charge in [0.1, 0.15) is 11.3 Å². The molecule has 4 rings (SSSR count). The quantitative estimate of drug-likeness (QED) is 0.686. The maximum absolute atomic E-state index is 11.9. The zero-order chi connectivity index (χ0) is 14.2. The van der Waals surface area contributed by atoms with Crippen molar-refractivity contribution < 1.29 is 9.15 Å². The molecule has 2 aromatic carbocycles. The van der Waals surface area contributed by atoms with Crippen LogP contribution in [0.5, 0.6) is 5.75 Å². The molecule has 4 nitrogen and oxygen atoms in total. The highest BCUT2D eigenvalue weighted by Crippen LogP contribution is 2.32. The summed E-state index contributed by atoms with van der Waals surface area (Å²) in [7, 11) is 0. The number of para-hydroxylation sites is 1. The number of ether oxygens (including phenoxy) is 1. The number of anilines is 1. The fourth-order valence-corrected chi connectivity index (χ4v) is 2.67. The third-order valence-corrected chi connectivity index (χ3v) is 3.73. The van der Waals surface area contributed by atoms with Gasteiger partial charge in [0, 0.05) is 11.8 Å². The van der Waals surface area contributed by atoms with Crippen molar-refractivity contribution in [2.75, 3.05) is 11.6 Å². The average molecular weight is 279 g/mol. The van der Waals surface area contributed by atoms with Crippen LogP contribution in [-0.4, -0.2) is 6.73 Å². The highest BCUT2D eigenvalue weighted by Gasteiger charge is 2.21. The molecule has 21 heavy (non-hydrogen) atoms. The summed E-state index contributed by atoms with van der Waals surface area (Å²) in [5, 5.41) is 0.592. The van der Waals surface area contributed by atoms with Gasteiger partial charge >= 0.3 is 0 Å².